The van der Waals surface area contributed by atoms with Crippen LogP contribution in [0.5, 0.6) is 0 Å². The van der Waals surface area contributed by atoms with Gasteiger partial charge in [0, 0.05) is 55.8 Å². The molecule has 0 fully saturated rings. The number of rotatable bonds is 3. The van der Waals surface area contributed by atoms with Crippen LogP contribution in [0.2, 0.25) is 5.02 Å². The third-order valence-corrected chi connectivity index (χ3v) is 8.38. The van der Waals surface area contributed by atoms with Crippen molar-refractivity contribution in [3.63, 3.8) is 0 Å². The number of carbonyl (C=O) groups is 1. The van der Waals surface area contributed by atoms with Crippen LogP contribution in [-0.4, -0.2) is 67.8 Å². The molecule has 0 radical (unpaired) electrons. The molecule has 0 saturated carbocycles. The zero-order chi connectivity index (χ0) is 25.2. The van der Waals surface area contributed by atoms with Gasteiger partial charge in [0.2, 0.25) is 10.0 Å². The number of amides is 1. The number of anilines is 1. The lowest BCUT2D eigenvalue weighted by Crippen LogP contribution is -2.41. The molecular formula is C25H35ClN4O4S. The second-order valence-corrected chi connectivity index (χ2v) is 12.2. The van der Waals surface area contributed by atoms with Crippen LogP contribution in [0.3, 0.4) is 0 Å². The van der Waals surface area contributed by atoms with Gasteiger partial charge in [0.25, 0.3) is 5.91 Å². The smallest absolute Gasteiger partial charge is 0.276 e. The summed E-state index contributed by atoms with van der Waals surface area (Å²) in [5, 5.41) is 4.65. The van der Waals surface area contributed by atoms with Crippen molar-refractivity contribution < 1.29 is 17.7 Å². The molecular weight excluding hydrogens is 488 g/mol. The Balaban J connectivity index is 1.75. The van der Waals surface area contributed by atoms with Gasteiger partial charge in [-0.25, -0.2) is 8.42 Å². The van der Waals surface area contributed by atoms with Gasteiger partial charge in [-0.05, 0) is 57.2 Å². The molecule has 1 aliphatic carbocycles. The van der Waals surface area contributed by atoms with Crippen LogP contribution in [-0.2, 0) is 29.4 Å². The Morgan fingerprint density at radius 2 is 1.83 bits per heavy atom. The maximum absolute atomic E-state index is 13.9. The number of aromatic nitrogens is 1. The molecule has 2 aliphatic rings. The third kappa shape index (κ3) is 6.01. The van der Waals surface area contributed by atoms with Crippen molar-refractivity contribution in [2.24, 2.45) is 0 Å². The molecule has 10 heteroatoms. The molecule has 2 aromatic rings. The average molecular weight is 523 g/mol. The summed E-state index contributed by atoms with van der Waals surface area (Å²) < 4.78 is 32.6. The molecule has 0 atom stereocenters. The fourth-order valence-electron chi connectivity index (χ4n) is 5.00. The molecule has 1 aliphatic heterocycles. The van der Waals surface area contributed by atoms with Gasteiger partial charge in [-0.15, -0.1) is 0 Å². The van der Waals surface area contributed by atoms with Crippen molar-refractivity contribution in [2.45, 2.75) is 65.0 Å². The lowest BCUT2D eigenvalue weighted by molar-refractivity contribution is 0.0700. The zero-order valence-corrected chi connectivity index (χ0v) is 22.4. The minimum absolute atomic E-state index is 0.174. The highest BCUT2D eigenvalue weighted by atomic mass is 35.5. The Bertz CT molecular complexity index is 1160. The van der Waals surface area contributed by atoms with Crippen molar-refractivity contribution in [1.29, 1.82) is 0 Å². The molecule has 0 bridgehead atoms. The predicted molar refractivity (Wildman–Crippen MR) is 137 cm³/mol. The lowest BCUT2D eigenvalue weighted by atomic mass is 10.1. The Kier molecular flexibility index (Phi) is 8.08. The Morgan fingerprint density at radius 3 is 2.57 bits per heavy atom. The number of benzene rings is 1. The number of halogens is 1. The summed E-state index contributed by atoms with van der Waals surface area (Å²) in [6.07, 6.45) is 6.65. The predicted octanol–water partition coefficient (Wildman–Crippen LogP) is 4.12. The van der Waals surface area contributed by atoms with E-state index >= 15 is 0 Å². The van der Waals surface area contributed by atoms with E-state index in [1.807, 2.05) is 6.07 Å². The third-order valence-electron chi connectivity index (χ3n) is 6.96. The highest BCUT2D eigenvalue weighted by molar-refractivity contribution is 7.92. The number of nitrogens with zero attached hydrogens (tertiary/aromatic N) is 4. The number of carbonyl (C=O) groups excluding carboxylic acids is 1. The first-order valence-electron chi connectivity index (χ1n) is 12.4. The van der Waals surface area contributed by atoms with E-state index in [-0.39, 0.29) is 18.5 Å². The zero-order valence-electron chi connectivity index (χ0n) is 20.8. The summed E-state index contributed by atoms with van der Waals surface area (Å²) in [5.74, 6) is 0.648. The second kappa shape index (κ2) is 10.9. The van der Waals surface area contributed by atoms with Crippen LogP contribution in [0.25, 0.3) is 0 Å². The first-order valence-corrected chi connectivity index (χ1v) is 14.6. The van der Waals surface area contributed by atoms with Gasteiger partial charge in [0.15, 0.2) is 5.69 Å². The van der Waals surface area contributed by atoms with Crippen molar-refractivity contribution in [3.05, 3.63) is 45.8 Å². The fraction of sp³-hybridized carbons (Fsp3) is 0.600. The first-order chi connectivity index (χ1) is 16.6. The van der Waals surface area contributed by atoms with Crippen LogP contribution < -0.4 is 4.31 Å². The molecule has 0 saturated heterocycles. The molecule has 192 valence electrons. The normalized spacial score (nSPS) is 18.5. The van der Waals surface area contributed by atoms with E-state index in [2.05, 4.69) is 23.9 Å². The Labute approximate surface area is 213 Å². The standard InChI is InChI=1S/C25H35ClN4O4S/c1-18(2)28-12-7-13-30(35(3,32)33)22-16-20(26)11-10-19(22)17-29(15-14-28)25(31)24-21-8-5-4-6-9-23(21)34-27-24/h10-11,16,18H,4-9,12-15,17H2,1-3H3. The van der Waals surface area contributed by atoms with E-state index in [0.717, 1.165) is 55.5 Å². The molecule has 1 amide bonds. The van der Waals surface area contributed by atoms with E-state index < -0.39 is 10.0 Å². The topological polar surface area (TPSA) is 87.0 Å². The minimum atomic E-state index is -3.55. The van der Waals surface area contributed by atoms with Gasteiger partial charge < -0.3 is 9.42 Å². The van der Waals surface area contributed by atoms with Gasteiger partial charge in [0.05, 0.1) is 11.9 Å². The average Bonchev–Trinajstić information content (AvgIpc) is 3.03. The highest BCUT2D eigenvalue weighted by Crippen LogP contribution is 2.30. The van der Waals surface area contributed by atoms with Gasteiger partial charge in [-0.2, -0.15) is 0 Å². The van der Waals surface area contributed by atoms with E-state index in [1.165, 1.54) is 10.6 Å². The molecule has 1 aromatic carbocycles. The summed E-state index contributed by atoms with van der Waals surface area (Å²) in [6.45, 7) is 6.75. The van der Waals surface area contributed by atoms with Crippen LogP contribution in [0, 0.1) is 0 Å². The van der Waals surface area contributed by atoms with E-state index in [1.54, 1.807) is 17.0 Å². The summed E-state index contributed by atoms with van der Waals surface area (Å²) in [7, 11) is -3.55. The van der Waals surface area contributed by atoms with Gasteiger partial charge in [-0.3, -0.25) is 14.0 Å². The van der Waals surface area contributed by atoms with Crippen LogP contribution in [0.1, 0.15) is 66.9 Å². The molecule has 1 aromatic heterocycles. The molecule has 2 heterocycles. The first kappa shape index (κ1) is 26.0. The Morgan fingerprint density at radius 1 is 1.06 bits per heavy atom. The van der Waals surface area contributed by atoms with Crippen molar-refractivity contribution in [2.75, 3.05) is 36.7 Å². The molecule has 8 nitrogen and oxygen atoms in total. The maximum atomic E-state index is 13.9. The SMILES string of the molecule is CC(C)N1CCCN(S(C)(=O)=O)c2cc(Cl)ccc2CN(C(=O)c2noc3c2CCCCC3)CC1. The molecule has 4 rings (SSSR count). The summed E-state index contributed by atoms with van der Waals surface area (Å²) in [4.78, 5) is 17.9. The largest absolute Gasteiger partial charge is 0.360 e. The number of fused-ring (bicyclic) bond motifs is 2. The van der Waals surface area contributed by atoms with Crippen LogP contribution in [0.4, 0.5) is 5.69 Å². The van der Waals surface area contributed by atoms with Crippen LogP contribution in [0.15, 0.2) is 22.7 Å². The second-order valence-electron chi connectivity index (χ2n) is 9.81. The molecule has 0 unspecified atom stereocenters. The van der Waals surface area contributed by atoms with E-state index in [4.69, 9.17) is 16.1 Å². The summed E-state index contributed by atoms with van der Waals surface area (Å²) >= 11 is 6.30. The summed E-state index contributed by atoms with van der Waals surface area (Å²) in [6, 6.07) is 5.50. The van der Waals surface area contributed by atoms with E-state index in [9.17, 15) is 13.2 Å². The lowest BCUT2D eigenvalue weighted by Gasteiger charge is -2.30. The number of sulfonamides is 1. The van der Waals surface area contributed by atoms with Gasteiger partial charge >= 0.3 is 0 Å². The van der Waals surface area contributed by atoms with Crippen molar-refractivity contribution in [1.82, 2.24) is 15.0 Å². The number of hydrogen-bond acceptors (Lipinski definition) is 6. The minimum Gasteiger partial charge on any atom is -0.360 e. The monoisotopic (exact) mass is 522 g/mol. The molecule has 0 spiro atoms. The molecule has 0 N–H and O–H groups in total. The Hall–Kier alpha value is -2.10. The van der Waals surface area contributed by atoms with E-state index in [0.29, 0.717) is 42.5 Å². The summed E-state index contributed by atoms with van der Waals surface area (Å²) in [5.41, 5.74) is 2.58. The van der Waals surface area contributed by atoms with Crippen LogP contribution >= 0.6 is 11.6 Å². The van der Waals surface area contributed by atoms with Gasteiger partial charge in [0.1, 0.15) is 5.76 Å². The quantitative estimate of drug-likeness (QED) is 0.563. The van der Waals surface area contributed by atoms with Crippen molar-refractivity contribution in [3.8, 4) is 0 Å². The van der Waals surface area contributed by atoms with Crippen molar-refractivity contribution >= 4 is 33.2 Å². The number of aryl methyl sites for hydroxylation is 1. The maximum Gasteiger partial charge on any atom is 0.276 e. The van der Waals surface area contributed by atoms with Gasteiger partial charge in [-0.1, -0.05) is 29.2 Å². The molecule has 35 heavy (non-hydrogen) atoms. The fourth-order valence-corrected chi connectivity index (χ4v) is 6.15. The highest BCUT2D eigenvalue weighted by Gasteiger charge is 2.30. The number of hydrogen-bond donors (Lipinski definition) is 0.